The summed E-state index contributed by atoms with van der Waals surface area (Å²) in [5.41, 5.74) is 0. The molecule has 2 aromatic rings. The van der Waals surface area contributed by atoms with Crippen LogP contribution in [0.25, 0.3) is 10.1 Å². The average molecular weight is 250 g/mol. The van der Waals surface area contributed by atoms with Crippen LogP contribution in [0.4, 0.5) is 5.82 Å². The molecule has 0 N–H and O–H groups in total. The van der Waals surface area contributed by atoms with Crippen LogP contribution in [0.1, 0.15) is 13.3 Å². The van der Waals surface area contributed by atoms with Gasteiger partial charge in [-0.15, -0.1) is 0 Å². The minimum atomic E-state index is 0.0445. The van der Waals surface area contributed by atoms with Gasteiger partial charge in [0.05, 0.1) is 17.2 Å². The molecule has 0 saturated heterocycles. The molecule has 0 atom stereocenters. The highest BCUT2D eigenvalue weighted by atomic mass is 32.1. The Morgan fingerprint density at radius 3 is 2.94 bits per heavy atom. The molecule has 17 heavy (non-hydrogen) atoms. The lowest BCUT2D eigenvalue weighted by molar-refractivity contribution is -0.118. The van der Waals surface area contributed by atoms with Crippen LogP contribution in [0.5, 0.6) is 5.75 Å². The van der Waals surface area contributed by atoms with Crippen molar-refractivity contribution >= 4 is 33.3 Å². The number of amides is 1. The number of nitrogens with zero attached hydrogens (tertiary/aromatic N) is 2. The van der Waals surface area contributed by atoms with Crippen LogP contribution >= 0.6 is 11.5 Å². The highest BCUT2D eigenvalue weighted by Gasteiger charge is 2.18. The van der Waals surface area contributed by atoms with E-state index in [9.17, 15) is 4.79 Å². The van der Waals surface area contributed by atoms with E-state index in [0.29, 0.717) is 12.2 Å². The molecule has 0 fully saturated rings. The van der Waals surface area contributed by atoms with E-state index in [2.05, 4.69) is 4.37 Å². The van der Waals surface area contributed by atoms with Crippen molar-refractivity contribution < 1.29 is 9.53 Å². The normalized spacial score (nSPS) is 10.5. The van der Waals surface area contributed by atoms with Gasteiger partial charge >= 0.3 is 0 Å². The molecule has 4 nitrogen and oxygen atoms in total. The van der Waals surface area contributed by atoms with E-state index < -0.39 is 0 Å². The van der Waals surface area contributed by atoms with Crippen LogP contribution < -0.4 is 9.64 Å². The van der Waals surface area contributed by atoms with Crippen LogP contribution in [-0.2, 0) is 4.79 Å². The molecule has 1 aromatic heterocycles. The smallest absolute Gasteiger partial charge is 0.227 e. The fourth-order valence-corrected chi connectivity index (χ4v) is 2.52. The SMILES string of the molecule is CCC(=O)N(C)c1nsc2cccc(OC)c12. The molecule has 0 unspecified atom stereocenters. The van der Waals surface area contributed by atoms with Crippen molar-refractivity contribution in [2.75, 3.05) is 19.1 Å². The predicted octanol–water partition coefficient (Wildman–Crippen LogP) is 2.68. The van der Waals surface area contributed by atoms with Gasteiger partial charge in [0.2, 0.25) is 5.91 Å². The van der Waals surface area contributed by atoms with Crippen molar-refractivity contribution in [1.82, 2.24) is 4.37 Å². The maximum Gasteiger partial charge on any atom is 0.227 e. The third-order valence-corrected chi connectivity index (χ3v) is 3.46. The number of anilines is 1. The first kappa shape index (κ1) is 11.9. The summed E-state index contributed by atoms with van der Waals surface area (Å²) < 4.78 is 10.7. The minimum absolute atomic E-state index is 0.0445. The molecule has 1 amide bonds. The summed E-state index contributed by atoms with van der Waals surface area (Å²) in [4.78, 5) is 13.3. The van der Waals surface area contributed by atoms with Crippen molar-refractivity contribution in [2.45, 2.75) is 13.3 Å². The van der Waals surface area contributed by atoms with Crippen LogP contribution in [0.15, 0.2) is 18.2 Å². The van der Waals surface area contributed by atoms with E-state index >= 15 is 0 Å². The van der Waals surface area contributed by atoms with E-state index in [1.807, 2.05) is 25.1 Å². The van der Waals surface area contributed by atoms with Crippen LogP contribution in [0, 0.1) is 0 Å². The van der Waals surface area contributed by atoms with Crippen molar-refractivity contribution in [3.63, 3.8) is 0 Å². The summed E-state index contributed by atoms with van der Waals surface area (Å²) in [5.74, 6) is 1.47. The summed E-state index contributed by atoms with van der Waals surface area (Å²) in [6.07, 6.45) is 0.463. The second-order valence-corrected chi connectivity index (χ2v) is 4.45. The fourth-order valence-electron chi connectivity index (χ4n) is 1.70. The summed E-state index contributed by atoms with van der Waals surface area (Å²) >= 11 is 1.38. The summed E-state index contributed by atoms with van der Waals surface area (Å²) in [6.45, 7) is 1.84. The number of carbonyl (C=O) groups is 1. The molecule has 0 saturated carbocycles. The molecule has 0 bridgehead atoms. The lowest BCUT2D eigenvalue weighted by Crippen LogP contribution is -2.25. The molecule has 0 spiro atoms. The number of benzene rings is 1. The van der Waals surface area contributed by atoms with Gasteiger partial charge in [0.15, 0.2) is 5.82 Å². The standard InChI is InChI=1S/C12H14N2O2S/c1-4-10(15)14(2)12-11-8(16-3)6-5-7-9(11)17-13-12/h5-7H,4H2,1-3H3. The quantitative estimate of drug-likeness (QED) is 0.841. The topological polar surface area (TPSA) is 42.4 Å². The number of fused-ring (bicyclic) bond motifs is 1. The first-order valence-electron chi connectivity index (χ1n) is 5.38. The Bertz CT molecular complexity index is 550. The molecule has 0 aliphatic heterocycles. The number of ether oxygens (including phenoxy) is 1. The van der Waals surface area contributed by atoms with Gasteiger partial charge in [0, 0.05) is 13.5 Å². The number of hydrogen-bond donors (Lipinski definition) is 0. The van der Waals surface area contributed by atoms with Gasteiger partial charge in [0.1, 0.15) is 5.75 Å². The van der Waals surface area contributed by atoms with Gasteiger partial charge in [-0.1, -0.05) is 13.0 Å². The van der Waals surface area contributed by atoms with E-state index in [-0.39, 0.29) is 5.91 Å². The van der Waals surface area contributed by atoms with Crippen LogP contribution in [0.3, 0.4) is 0 Å². The monoisotopic (exact) mass is 250 g/mol. The number of hydrogen-bond acceptors (Lipinski definition) is 4. The Morgan fingerprint density at radius 1 is 1.53 bits per heavy atom. The van der Waals surface area contributed by atoms with Gasteiger partial charge in [0.25, 0.3) is 0 Å². The largest absolute Gasteiger partial charge is 0.496 e. The zero-order valence-electron chi connectivity index (χ0n) is 10.1. The van der Waals surface area contributed by atoms with Gasteiger partial charge in [-0.2, -0.15) is 4.37 Å². The zero-order valence-corrected chi connectivity index (χ0v) is 10.9. The van der Waals surface area contributed by atoms with Gasteiger partial charge in [-0.25, -0.2) is 0 Å². The number of carbonyl (C=O) groups excluding carboxylic acids is 1. The summed E-state index contributed by atoms with van der Waals surface area (Å²) in [5, 5.41) is 0.907. The Balaban J connectivity index is 2.58. The molecule has 90 valence electrons. The van der Waals surface area contributed by atoms with E-state index in [1.54, 1.807) is 19.1 Å². The predicted molar refractivity (Wildman–Crippen MR) is 69.9 cm³/mol. The maximum absolute atomic E-state index is 11.7. The van der Waals surface area contributed by atoms with E-state index in [0.717, 1.165) is 15.8 Å². The molecule has 0 aliphatic rings. The van der Waals surface area contributed by atoms with Gasteiger partial charge in [-0.3, -0.25) is 9.69 Å². The van der Waals surface area contributed by atoms with Crippen molar-refractivity contribution in [2.24, 2.45) is 0 Å². The van der Waals surface area contributed by atoms with E-state index in [4.69, 9.17) is 4.74 Å². The number of rotatable bonds is 3. The molecule has 5 heteroatoms. The first-order chi connectivity index (χ1) is 8.19. The van der Waals surface area contributed by atoms with Gasteiger partial charge < -0.3 is 4.74 Å². The Kier molecular flexibility index (Phi) is 3.28. The first-order valence-corrected chi connectivity index (χ1v) is 6.15. The molecule has 2 rings (SSSR count). The van der Waals surface area contributed by atoms with Crippen LogP contribution in [0.2, 0.25) is 0 Å². The highest BCUT2D eigenvalue weighted by Crippen LogP contribution is 2.36. The third-order valence-electron chi connectivity index (χ3n) is 2.66. The summed E-state index contributed by atoms with van der Waals surface area (Å²) in [7, 11) is 3.37. The highest BCUT2D eigenvalue weighted by molar-refractivity contribution is 7.13. The van der Waals surface area contributed by atoms with Crippen molar-refractivity contribution in [3.05, 3.63) is 18.2 Å². The summed E-state index contributed by atoms with van der Waals surface area (Å²) in [6, 6.07) is 5.78. The van der Waals surface area contributed by atoms with Crippen molar-refractivity contribution in [1.29, 1.82) is 0 Å². The minimum Gasteiger partial charge on any atom is -0.496 e. The second kappa shape index (κ2) is 4.71. The second-order valence-electron chi connectivity index (χ2n) is 3.65. The Morgan fingerprint density at radius 2 is 2.29 bits per heavy atom. The molecule has 0 radical (unpaired) electrons. The number of aromatic nitrogens is 1. The molecular weight excluding hydrogens is 236 g/mol. The lowest BCUT2D eigenvalue weighted by atomic mass is 10.2. The van der Waals surface area contributed by atoms with E-state index in [1.165, 1.54) is 11.5 Å². The average Bonchev–Trinajstić information content (AvgIpc) is 2.80. The Hall–Kier alpha value is -1.62. The molecular formula is C12H14N2O2S. The number of methoxy groups -OCH3 is 1. The molecule has 1 aromatic carbocycles. The fraction of sp³-hybridized carbons (Fsp3) is 0.333. The van der Waals surface area contributed by atoms with Gasteiger partial charge in [-0.05, 0) is 23.7 Å². The van der Waals surface area contributed by atoms with Crippen LogP contribution in [-0.4, -0.2) is 24.4 Å². The molecule has 1 heterocycles. The maximum atomic E-state index is 11.7. The molecule has 0 aliphatic carbocycles. The third kappa shape index (κ3) is 1.98. The zero-order chi connectivity index (χ0) is 12.4. The Labute approximate surface area is 104 Å². The van der Waals surface area contributed by atoms with Crippen molar-refractivity contribution in [3.8, 4) is 5.75 Å². The lowest BCUT2D eigenvalue weighted by Gasteiger charge is -2.14.